The van der Waals surface area contributed by atoms with Gasteiger partial charge in [0.1, 0.15) is 11.7 Å². The maximum Gasteiger partial charge on any atom is 0.123 e. The molecule has 0 radical (unpaired) electrons. The molecule has 0 unspecified atom stereocenters. The van der Waals surface area contributed by atoms with Gasteiger partial charge in [0.25, 0.3) is 0 Å². The Balaban J connectivity index is 1.51. The standard InChI is InChI=1S/C15H25NO2/c1-14(2)9-7-10(14)12(17)15(8-9)13(18-15)11-5-3-4-6-16-11/h9-13,16-17H,3-8H2,1-2H3/t9-,10+,11+,12+,13+,15+/m1/s1. The summed E-state index contributed by atoms with van der Waals surface area (Å²) in [6.07, 6.45) is 6.17. The van der Waals surface area contributed by atoms with Crippen molar-refractivity contribution in [2.45, 2.75) is 69.8 Å². The van der Waals surface area contributed by atoms with Crippen LogP contribution in [0.15, 0.2) is 0 Å². The number of aliphatic hydroxyl groups is 1. The average molecular weight is 251 g/mol. The molecular formula is C15H25NO2. The maximum atomic E-state index is 10.7. The Kier molecular flexibility index (Phi) is 2.27. The van der Waals surface area contributed by atoms with Gasteiger partial charge in [-0.15, -0.1) is 0 Å². The van der Waals surface area contributed by atoms with E-state index >= 15 is 0 Å². The van der Waals surface area contributed by atoms with Crippen LogP contribution in [0.4, 0.5) is 0 Å². The quantitative estimate of drug-likeness (QED) is 0.697. The Hall–Kier alpha value is -0.120. The number of nitrogens with one attached hydrogen (secondary N) is 1. The van der Waals surface area contributed by atoms with Crippen molar-refractivity contribution >= 4 is 0 Å². The summed E-state index contributed by atoms with van der Waals surface area (Å²) in [6.45, 7) is 5.76. The third kappa shape index (κ3) is 1.31. The summed E-state index contributed by atoms with van der Waals surface area (Å²) in [5, 5.41) is 14.3. The van der Waals surface area contributed by atoms with E-state index in [4.69, 9.17) is 4.74 Å². The molecule has 0 aromatic rings. The van der Waals surface area contributed by atoms with Gasteiger partial charge in [0.2, 0.25) is 0 Å². The number of epoxide rings is 1. The highest BCUT2D eigenvalue weighted by atomic mass is 16.6. The lowest BCUT2D eigenvalue weighted by Gasteiger charge is -2.60. The SMILES string of the molecule is CC1(C)[C@@H]2C[C@H]1[C@H](O)[C@]1(C2)O[C@H]1[C@@H]1CCCCN1. The number of piperidine rings is 1. The van der Waals surface area contributed by atoms with Crippen LogP contribution in [0.2, 0.25) is 0 Å². The van der Waals surface area contributed by atoms with Crippen molar-refractivity contribution in [3.8, 4) is 0 Å². The summed E-state index contributed by atoms with van der Waals surface area (Å²) < 4.78 is 6.08. The van der Waals surface area contributed by atoms with Crippen molar-refractivity contribution in [2.24, 2.45) is 17.3 Å². The number of hydrogen-bond donors (Lipinski definition) is 2. The van der Waals surface area contributed by atoms with Crippen molar-refractivity contribution in [3.05, 3.63) is 0 Å². The van der Waals surface area contributed by atoms with Crippen LogP contribution in [0.3, 0.4) is 0 Å². The van der Waals surface area contributed by atoms with Crippen molar-refractivity contribution in [1.29, 1.82) is 0 Å². The van der Waals surface area contributed by atoms with Gasteiger partial charge in [-0.1, -0.05) is 20.3 Å². The molecule has 3 heteroatoms. The molecule has 102 valence electrons. The van der Waals surface area contributed by atoms with Crippen LogP contribution in [-0.2, 0) is 4.74 Å². The topological polar surface area (TPSA) is 44.8 Å². The first-order chi connectivity index (χ1) is 8.56. The van der Waals surface area contributed by atoms with E-state index in [1.165, 1.54) is 25.7 Å². The fourth-order valence-electron chi connectivity index (χ4n) is 4.95. The van der Waals surface area contributed by atoms with Gasteiger partial charge in [0, 0.05) is 6.04 Å². The van der Waals surface area contributed by atoms with Crippen LogP contribution in [0.1, 0.15) is 46.0 Å². The second kappa shape index (κ2) is 3.50. The van der Waals surface area contributed by atoms with Gasteiger partial charge in [0.05, 0.1) is 6.10 Å². The summed E-state index contributed by atoms with van der Waals surface area (Å²) in [6, 6.07) is 0.494. The van der Waals surface area contributed by atoms with Crippen molar-refractivity contribution in [2.75, 3.05) is 6.54 Å². The number of ether oxygens (including phenoxy) is 1. The molecule has 3 saturated carbocycles. The lowest BCUT2D eigenvalue weighted by atomic mass is 9.45. The third-order valence-electron chi connectivity index (χ3n) is 6.48. The Bertz CT molecular complexity index is 364. The summed E-state index contributed by atoms with van der Waals surface area (Å²) in [7, 11) is 0. The summed E-state index contributed by atoms with van der Waals surface area (Å²) >= 11 is 0. The molecule has 6 atom stereocenters. The Morgan fingerprint density at radius 3 is 2.72 bits per heavy atom. The third-order valence-corrected chi connectivity index (χ3v) is 6.48. The zero-order valence-corrected chi connectivity index (χ0v) is 11.5. The molecular weight excluding hydrogens is 226 g/mol. The normalized spacial score (nSPS) is 57.2. The Morgan fingerprint density at radius 1 is 1.28 bits per heavy atom. The summed E-state index contributed by atoms with van der Waals surface area (Å²) in [5.74, 6) is 1.23. The smallest absolute Gasteiger partial charge is 0.123 e. The molecule has 2 bridgehead atoms. The molecule has 2 N–H and O–H groups in total. The molecule has 0 aromatic heterocycles. The minimum atomic E-state index is -0.230. The van der Waals surface area contributed by atoms with E-state index in [9.17, 15) is 5.11 Å². The number of hydrogen-bond acceptors (Lipinski definition) is 3. The predicted octanol–water partition coefficient (Wildman–Crippen LogP) is 1.69. The average Bonchev–Trinajstić information content (AvgIpc) is 3.08. The molecule has 2 saturated heterocycles. The Labute approximate surface area is 109 Å². The van der Waals surface area contributed by atoms with Crippen LogP contribution in [0.25, 0.3) is 0 Å². The van der Waals surface area contributed by atoms with Crippen LogP contribution >= 0.6 is 0 Å². The lowest BCUT2D eigenvalue weighted by Crippen LogP contribution is -2.63. The van der Waals surface area contributed by atoms with E-state index in [0.717, 1.165) is 18.9 Å². The van der Waals surface area contributed by atoms with E-state index in [1.54, 1.807) is 0 Å². The lowest BCUT2D eigenvalue weighted by molar-refractivity contribution is -0.177. The van der Waals surface area contributed by atoms with Crippen LogP contribution < -0.4 is 5.32 Å². The largest absolute Gasteiger partial charge is 0.390 e. The fourth-order valence-corrected chi connectivity index (χ4v) is 4.95. The van der Waals surface area contributed by atoms with Gasteiger partial charge in [-0.3, -0.25) is 0 Å². The van der Waals surface area contributed by atoms with Crippen molar-refractivity contribution < 1.29 is 9.84 Å². The molecule has 3 nitrogen and oxygen atoms in total. The van der Waals surface area contributed by atoms with Gasteiger partial charge in [-0.05, 0) is 49.5 Å². The second-order valence-electron chi connectivity index (χ2n) is 7.56. The molecule has 3 aliphatic carbocycles. The zero-order valence-electron chi connectivity index (χ0n) is 11.5. The van der Waals surface area contributed by atoms with E-state index in [1.807, 2.05) is 0 Å². The fraction of sp³-hybridized carbons (Fsp3) is 1.00. The first kappa shape index (κ1) is 11.7. The molecule has 5 rings (SSSR count). The molecule has 2 aliphatic heterocycles. The first-order valence-electron chi connectivity index (χ1n) is 7.65. The number of rotatable bonds is 1. The van der Waals surface area contributed by atoms with E-state index < -0.39 is 0 Å². The van der Waals surface area contributed by atoms with Crippen LogP contribution in [-0.4, -0.2) is 35.5 Å². The minimum Gasteiger partial charge on any atom is -0.390 e. The van der Waals surface area contributed by atoms with E-state index in [2.05, 4.69) is 19.2 Å². The zero-order chi connectivity index (χ0) is 12.5. The molecule has 2 heterocycles. The van der Waals surface area contributed by atoms with Crippen LogP contribution in [0, 0.1) is 17.3 Å². The van der Waals surface area contributed by atoms with Crippen LogP contribution in [0.5, 0.6) is 0 Å². The summed E-state index contributed by atoms with van der Waals surface area (Å²) in [4.78, 5) is 0. The molecule has 0 amide bonds. The highest BCUT2D eigenvalue weighted by Crippen LogP contribution is 2.67. The predicted molar refractivity (Wildman–Crippen MR) is 69.2 cm³/mol. The molecule has 0 aromatic carbocycles. The van der Waals surface area contributed by atoms with Gasteiger partial charge < -0.3 is 15.2 Å². The number of aliphatic hydroxyl groups excluding tert-OH is 1. The van der Waals surface area contributed by atoms with Gasteiger partial charge >= 0.3 is 0 Å². The highest BCUT2D eigenvalue weighted by Gasteiger charge is 2.74. The molecule has 18 heavy (non-hydrogen) atoms. The van der Waals surface area contributed by atoms with Gasteiger partial charge in [0.15, 0.2) is 0 Å². The monoisotopic (exact) mass is 251 g/mol. The summed E-state index contributed by atoms with van der Waals surface area (Å²) in [5.41, 5.74) is 0.166. The van der Waals surface area contributed by atoms with E-state index in [0.29, 0.717) is 17.4 Å². The van der Waals surface area contributed by atoms with Crippen molar-refractivity contribution in [1.82, 2.24) is 5.32 Å². The molecule has 1 spiro atoms. The minimum absolute atomic E-state index is 0.169. The molecule has 5 aliphatic rings. The highest BCUT2D eigenvalue weighted by molar-refractivity contribution is 5.23. The first-order valence-corrected chi connectivity index (χ1v) is 7.65. The van der Waals surface area contributed by atoms with E-state index in [-0.39, 0.29) is 17.8 Å². The van der Waals surface area contributed by atoms with Gasteiger partial charge in [-0.25, -0.2) is 0 Å². The van der Waals surface area contributed by atoms with Crippen molar-refractivity contribution in [3.63, 3.8) is 0 Å². The Morgan fingerprint density at radius 2 is 2.11 bits per heavy atom. The van der Waals surface area contributed by atoms with Gasteiger partial charge in [-0.2, -0.15) is 0 Å². The second-order valence-corrected chi connectivity index (χ2v) is 7.56. The maximum absolute atomic E-state index is 10.7. The molecule has 5 fully saturated rings.